The molecule has 5 amide bonds. The van der Waals surface area contributed by atoms with Gasteiger partial charge in [-0.25, -0.2) is 4.79 Å². The van der Waals surface area contributed by atoms with Crippen molar-refractivity contribution in [2.45, 2.75) is 51.2 Å². The number of rotatable bonds is 13. The van der Waals surface area contributed by atoms with Crippen LogP contribution in [0.4, 0.5) is 0 Å². The van der Waals surface area contributed by atoms with Crippen molar-refractivity contribution < 1.29 is 33.9 Å². The molecule has 10 N–H and O–H groups in total. The van der Waals surface area contributed by atoms with Gasteiger partial charge in [0.15, 0.2) is 0 Å². The Morgan fingerprint density at radius 1 is 0.862 bits per heavy atom. The van der Waals surface area contributed by atoms with Crippen LogP contribution in [0.2, 0.25) is 0 Å². The average molecular weight is 416 g/mol. The highest BCUT2D eigenvalue weighted by molar-refractivity contribution is 5.95. The summed E-state index contributed by atoms with van der Waals surface area (Å²) in [7, 11) is 0. The maximum Gasteiger partial charge on any atom is 0.326 e. The highest BCUT2D eigenvalue weighted by atomic mass is 16.4. The maximum atomic E-state index is 12.5. The molecule has 13 heteroatoms. The van der Waals surface area contributed by atoms with Gasteiger partial charge in [0.2, 0.25) is 29.5 Å². The Morgan fingerprint density at radius 2 is 1.45 bits per heavy atom. The van der Waals surface area contributed by atoms with Crippen molar-refractivity contribution in [1.82, 2.24) is 16.0 Å². The quantitative estimate of drug-likeness (QED) is 0.157. The minimum absolute atomic E-state index is 0.230. The summed E-state index contributed by atoms with van der Waals surface area (Å²) in [5, 5.41) is 16.0. The van der Waals surface area contributed by atoms with Crippen LogP contribution in [0.15, 0.2) is 0 Å². The lowest BCUT2D eigenvalue weighted by Crippen LogP contribution is -2.58. The zero-order valence-electron chi connectivity index (χ0n) is 16.3. The van der Waals surface area contributed by atoms with Gasteiger partial charge < -0.3 is 38.3 Å². The van der Waals surface area contributed by atoms with Gasteiger partial charge in [-0.2, -0.15) is 0 Å². The molecule has 3 unspecified atom stereocenters. The van der Waals surface area contributed by atoms with Crippen molar-refractivity contribution in [3.63, 3.8) is 0 Å². The van der Waals surface area contributed by atoms with E-state index < -0.39 is 72.5 Å². The smallest absolute Gasteiger partial charge is 0.326 e. The first kappa shape index (κ1) is 25.8. The van der Waals surface area contributed by atoms with E-state index in [1.54, 1.807) is 13.8 Å². The SMILES string of the molecule is CC(C)C(NC(=O)C(CC(N)=O)NC(=O)CN)C(=O)NC(CCC(N)=O)C(=O)O. The molecule has 0 aromatic rings. The number of carboxylic acids is 1. The van der Waals surface area contributed by atoms with Crippen molar-refractivity contribution in [1.29, 1.82) is 0 Å². The van der Waals surface area contributed by atoms with Gasteiger partial charge in [0.05, 0.1) is 13.0 Å². The van der Waals surface area contributed by atoms with Crippen LogP contribution in [0, 0.1) is 5.92 Å². The molecule has 0 heterocycles. The second kappa shape index (κ2) is 12.3. The second-order valence-corrected chi connectivity index (χ2v) is 6.63. The Labute approximate surface area is 167 Å². The van der Waals surface area contributed by atoms with E-state index in [9.17, 15) is 33.9 Å². The number of nitrogens with two attached hydrogens (primary N) is 3. The van der Waals surface area contributed by atoms with E-state index in [4.69, 9.17) is 17.2 Å². The molecule has 0 bridgehead atoms. The van der Waals surface area contributed by atoms with Crippen LogP contribution in [-0.2, 0) is 28.8 Å². The third kappa shape index (κ3) is 10.0. The van der Waals surface area contributed by atoms with Crippen molar-refractivity contribution >= 4 is 35.5 Å². The topological polar surface area (TPSA) is 237 Å². The van der Waals surface area contributed by atoms with Crippen LogP contribution in [0.25, 0.3) is 0 Å². The lowest BCUT2D eigenvalue weighted by molar-refractivity contribution is -0.143. The summed E-state index contributed by atoms with van der Waals surface area (Å²) in [4.78, 5) is 69.7. The summed E-state index contributed by atoms with van der Waals surface area (Å²) in [6.07, 6.45) is -1.02. The standard InChI is InChI=1S/C16H28N6O7/c1-7(2)13(15(27)21-8(16(28)29)3-4-10(18)23)22-14(26)9(5-11(19)24)20-12(25)6-17/h7-9,13H,3-6,17H2,1-2H3,(H2,18,23)(H2,19,24)(H,20,25)(H,21,27)(H,22,26)(H,28,29). The van der Waals surface area contributed by atoms with Gasteiger partial charge in [-0.05, 0) is 12.3 Å². The predicted octanol–water partition coefficient (Wildman–Crippen LogP) is -3.72. The van der Waals surface area contributed by atoms with Crippen LogP contribution in [0.1, 0.15) is 33.1 Å². The molecule has 29 heavy (non-hydrogen) atoms. The molecule has 0 aliphatic rings. The van der Waals surface area contributed by atoms with Crippen molar-refractivity contribution in [2.24, 2.45) is 23.1 Å². The van der Waals surface area contributed by atoms with E-state index in [0.717, 1.165) is 0 Å². The molecule has 0 aliphatic heterocycles. The largest absolute Gasteiger partial charge is 0.480 e. The summed E-state index contributed by atoms with van der Waals surface area (Å²) in [5.74, 6) is -5.88. The Balaban J connectivity index is 5.29. The summed E-state index contributed by atoms with van der Waals surface area (Å²) in [5.41, 5.74) is 15.2. The first-order valence-corrected chi connectivity index (χ1v) is 8.78. The fraction of sp³-hybridized carbons (Fsp3) is 0.625. The summed E-state index contributed by atoms with van der Waals surface area (Å²) in [6, 6.07) is -3.95. The van der Waals surface area contributed by atoms with Crippen molar-refractivity contribution in [3.8, 4) is 0 Å². The molecule has 0 radical (unpaired) electrons. The van der Waals surface area contributed by atoms with Crippen LogP contribution in [0.5, 0.6) is 0 Å². The lowest BCUT2D eigenvalue weighted by Gasteiger charge is -2.26. The van der Waals surface area contributed by atoms with Gasteiger partial charge >= 0.3 is 5.97 Å². The molecule has 0 aromatic heterocycles. The molecular formula is C16H28N6O7. The first-order chi connectivity index (χ1) is 13.4. The fourth-order valence-electron chi connectivity index (χ4n) is 2.26. The average Bonchev–Trinajstić information content (AvgIpc) is 2.60. The monoisotopic (exact) mass is 416 g/mol. The molecule has 0 aliphatic carbocycles. The summed E-state index contributed by atoms with van der Waals surface area (Å²) < 4.78 is 0. The molecule has 0 fully saturated rings. The molecule has 3 atom stereocenters. The Hall–Kier alpha value is -3.22. The van der Waals surface area contributed by atoms with E-state index in [-0.39, 0.29) is 12.8 Å². The lowest BCUT2D eigenvalue weighted by atomic mass is 10.0. The number of hydrogen-bond donors (Lipinski definition) is 7. The molecule has 0 saturated heterocycles. The van der Waals surface area contributed by atoms with E-state index in [0.29, 0.717) is 0 Å². The zero-order valence-corrected chi connectivity index (χ0v) is 16.3. The van der Waals surface area contributed by atoms with E-state index >= 15 is 0 Å². The molecule has 0 spiro atoms. The molecule has 0 aromatic carbocycles. The second-order valence-electron chi connectivity index (χ2n) is 6.63. The third-order valence-corrected chi connectivity index (χ3v) is 3.78. The normalized spacial score (nSPS) is 13.7. The molecule has 0 rings (SSSR count). The highest BCUT2D eigenvalue weighted by Crippen LogP contribution is 2.06. The number of carbonyl (C=O) groups is 6. The predicted molar refractivity (Wildman–Crippen MR) is 99.6 cm³/mol. The molecular weight excluding hydrogens is 388 g/mol. The van der Waals surface area contributed by atoms with Gasteiger partial charge in [-0.15, -0.1) is 0 Å². The number of nitrogens with one attached hydrogen (secondary N) is 3. The van der Waals surface area contributed by atoms with Crippen LogP contribution in [-0.4, -0.2) is 65.3 Å². The number of amides is 5. The molecule has 13 nitrogen and oxygen atoms in total. The number of primary amides is 2. The zero-order chi connectivity index (χ0) is 22.7. The van der Waals surface area contributed by atoms with E-state index in [2.05, 4.69) is 16.0 Å². The number of hydrogen-bond acceptors (Lipinski definition) is 7. The Morgan fingerprint density at radius 3 is 1.86 bits per heavy atom. The Bertz CT molecular complexity index is 652. The first-order valence-electron chi connectivity index (χ1n) is 8.78. The van der Waals surface area contributed by atoms with Crippen molar-refractivity contribution in [2.75, 3.05) is 6.54 Å². The molecule has 164 valence electrons. The van der Waals surface area contributed by atoms with Crippen molar-refractivity contribution in [3.05, 3.63) is 0 Å². The highest BCUT2D eigenvalue weighted by Gasteiger charge is 2.31. The van der Waals surface area contributed by atoms with E-state index in [1.807, 2.05) is 0 Å². The molecule has 0 saturated carbocycles. The van der Waals surface area contributed by atoms with Crippen LogP contribution < -0.4 is 33.2 Å². The number of carboxylic acid groups (broad SMARTS) is 1. The van der Waals surface area contributed by atoms with Gasteiger partial charge in [-0.1, -0.05) is 13.8 Å². The van der Waals surface area contributed by atoms with Gasteiger partial charge in [0.25, 0.3) is 0 Å². The Kier molecular flexibility index (Phi) is 10.9. The van der Waals surface area contributed by atoms with E-state index in [1.165, 1.54) is 0 Å². The van der Waals surface area contributed by atoms with Gasteiger partial charge in [-0.3, -0.25) is 24.0 Å². The van der Waals surface area contributed by atoms with Gasteiger partial charge in [0, 0.05) is 6.42 Å². The summed E-state index contributed by atoms with van der Waals surface area (Å²) in [6.45, 7) is 2.74. The number of aliphatic carboxylic acids is 1. The third-order valence-electron chi connectivity index (χ3n) is 3.78. The minimum atomic E-state index is -1.40. The maximum absolute atomic E-state index is 12.5. The van der Waals surface area contributed by atoms with Gasteiger partial charge in [0.1, 0.15) is 18.1 Å². The van der Waals surface area contributed by atoms with Crippen LogP contribution in [0.3, 0.4) is 0 Å². The fourth-order valence-corrected chi connectivity index (χ4v) is 2.26. The minimum Gasteiger partial charge on any atom is -0.480 e. The number of carbonyl (C=O) groups excluding carboxylic acids is 5. The summed E-state index contributed by atoms with van der Waals surface area (Å²) >= 11 is 0. The van der Waals surface area contributed by atoms with Crippen LogP contribution >= 0.6 is 0 Å².